The minimum Gasteiger partial charge on any atom is -0.205 e. The van der Waals surface area contributed by atoms with Crippen molar-refractivity contribution < 1.29 is 18.3 Å². The van der Waals surface area contributed by atoms with Crippen LogP contribution in [0.4, 0.5) is 0 Å². The number of unbranched alkanes of at least 4 members (excludes halogenated alkanes) is 4. The van der Waals surface area contributed by atoms with E-state index in [1.165, 1.54) is 95.9 Å². The van der Waals surface area contributed by atoms with E-state index >= 15 is 0 Å². The average Bonchev–Trinajstić information content (AvgIpc) is 3.35. The van der Waals surface area contributed by atoms with Gasteiger partial charge in [0.1, 0.15) is 26.2 Å². The van der Waals surface area contributed by atoms with Crippen molar-refractivity contribution in [2.45, 2.75) is 178 Å². The van der Waals surface area contributed by atoms with Gasteiger partial charge in [0, 0.05) is 122 Å². The third kappa shape index (κ3) is 9.92. The largest absolute Gasteiger partial charge is 0.205 e. The van der Waals surface area contributed by atoms with Gasteiger partial charge in [-0.2, -0.15) is 0 Å². The van der Waals surface area contributed by atoms with Gasteiger partial charge in [0.25, 0.3) is 0 Å². The van der Waals surface area contributed by atoms with Crippen LogP contribution in [-0.4, -0.2) is 0 Å². The summed E-state index contributed by atoms with van der Waals surface area (Å²) in [7, 11) is 0. The smallest absolute Gasteiger partial charge is 0.172 e. The van der Waals surface area contributed by atoms with Crippen LogP contribution in [0.5, 0.6) is 0 Å². The normalized spacial score (nSPS) is 19.5. The van der Waals surface area contributed by atoms with Crippen LogP contribution in [0.25, 0.3) is 0 Å². The number of terminal acetylenes is 4. The molecule has 0 fully saturated rings. The zero-order valence-electron chi connectivity index (χ0n) is 39.5. The first-order valence-electron chi connectivity index (χ1n) is 25.6. The standard InChI is InChI=1S/C62H70N4/c1-5-9-13-33-63-37-29-51-47(43-63)21-17-25-55(51)59-41-61(57-27-19-23-49-45-65(35-15-11-7-3)39-31-53(49)57)62(58-28-20-24-50-46-66(36-16-12-8-4)40-32-54(50)58)42-60(59)56-26-18-22-48-44-64(34-14-10-6-2)38-30-52(48)56/h1-4,29-32,37-46,55-58H,9-28,33-36H2/q+4. The summed E-state index contributed by atoms with van der Waals surface area (Å²) in [6, 6.07) is 15.5. The maximum atomic E-state index is 5.67. The summed E-state index contributed by atoms with van der Waals surface area (Å²) in [6.07, 6.45) is 63.2. The van der Waals surface area contributed by atoms with E-state index in [4.69, 9.17) is 25.7 Å². The second-order valence-corrected chi connectivity index (χ2v) is 19.8. The highest BCUT2D eigenvalue weighted by Crippen LogP contribution is 2.50. The van der Waals surface area contributed by atoms with Crippen LogP contribution in [0.1, 0.15) is 193 Å². The quantitative estimate of drug-likeness (QED) is 0.0534. The van der Waals surface area contributed by atoms with Crippen molar-refractivity contribution >= 4 is 0 Å². The Morgan fingerprint density at radius 3 is 0.833 bits per heavy atom. The lowest BCUT2D eigenvalue weighted by Crippen LogP contribution is -2.35. The zero-order valence-corrected chi connectivity index (χ0v) is 39.5. The van der Waals surface area contributed by atoms with Gasteiger partial charge < -0.3 is 0 Å². The Morgan fingerprint density at radius 2 is 0.606 bits per heavy atom. The molecule has 4 atom stereocenters. The number of hydrogen-bond acceptors (Lipinski definition) is 0. The third-order valence-electron chi connectivity index (χ3n) is 15.5. The number of rotatable bonds is 16. The fourth-order valence-electron chi connectivity index (χ4n) is 12.4. The maximum absolute atomic E-state index is 5.67. The van der Waals surface area contributed by atoms with E-state index in [0.29, 0.717) is 23.7 Å². The second kappa shape index (κ2) is 21.6. The molecule has 1 aromatic carbocycles. The van der Waals surface area contributed by atoms with E-state index in [2.05, 4.69) is 128 Å². The molecule has 4 aliphatic rings. The third-order valence-corrected chi connectivity index (χ3v) is 15.5. The van der Waals surface area contributed by atoms with Crippen molar-refractivity contribution in [3.8, 4) is 49.4 Å². The Balaban J connectivity index is 1.23. The fraction of sp³-hybridized carbons (Fsp3) is 0.452. The number of nitrogens with zero attached hydrogens (tertiary/aromatic N) is 4. The Labute approximate surface area is 396 Å². The lowest BCUT2D eigenvalue weighted by Gasteiger charge is -2.36. The molecule has 4 nitrogen and oxygen atoms in total. The number of aromatic nitrogens is 4. The van der Waals surface area contributed by atoms with Crippen LogP contribution in [0.2, 0.25) is 0 Å². The summed E-state index contributed by atoms with van der Waals surface area (Å²) in [5.74, 6) is 12.8. The summed E-state index contributed by atoms with van der Waals surface area (Å²) in [4.78, 5) is 0. The first kappa shape index (κ1) is 45.2. The number of fused-ring (bicyclic) bond motifs is 4. The maximum Gasteiger partial charge on any atom is 0.172 e. The average molecular weight is 871 g/mol. The molecule has 0 amide bonds. The molecule has 5 aromatic rings. The van der Waals surface area contributed by atoms with Crippen LogP contribution in [0.3, 0.4) is 0 Å². The van der Waals surface area contributed by atoms with Gasteiger partial charge in [-0.05, 0) is 122 Å². The highest BCUT2D eigenvalue weighted by atomic mass is 14.9. The summed E-state index contributed by atoms with van der Waals surface area (Å²) in [5.41, 5.74) is 18.5. The number of pyridine rings is 4. The molecule has 4 aliphatic carbocycles. The number of benzene rings is 1. The highest BCUT2D eigenvalue weighted by Gasteiger charge is 2.37. The predicted octanol–water partition coefficient (Wildman–Crippen LogP) is 10.4. The number of hydrogen-bond donors (Lipinski definition) is 0. The Kier molecular flexibility index (Phi) is 14.8. The van der Waals surface area contributed by atoms with Gasteiger partial charge in [0.15, 0.2) is 49.6 Å². The lowest BCUT2D eigenvalue weighted by atomic mass is 9.67. The molecular weight excluding hydrogens is 801 g/mol. The van der Waals surface area contributed by atoms with Crippen molar-refractivity contribution in [1.82, 2.24) is 0 Å². The van der Waals surface area contributed by atoms with Gasteiger partial charge in [-0.3, -0.25) is 0 Å². The molecule has 4 aromatic heterocycles. The predicted molar refractivity (Wildman–Crippen MR) is 264 cm³/mol. The van der Waals surface area contributed by atoms with E-state index in [0.717, 1.165) is 103 Å². The SMILES string of the molecule is C#CCCC[n+]1ccc2c(c1)CCCC2c1cc(C2CCCc3c[n+](CCCC#C)ccc32)c(C2CCCc3c[n+](CCCC#C)ccc32)cc1C1CCCc2c[n+](CCCC#C)ccc21. The molecule has 0 aliphatic heterocycles. The zero-order chi connectivity index (χ0) is 45.2. The molecule has 334 valence electrons. The molecule has 4 heterocycles. The molecule has 0 saturated carbocycles. The molecular formula is C62H70N4+4. The van der Waals surface area contributed by atoms with Crippen molar-refractivity contribution in [1.29, 1.82) is 0 Å². The highest BCUT2D eigenvalue weighted by molar-refractivity contribution is 5.56. The van der Waals surface area contributed by atoms with Crippen LogP contribution in [0.15, 0.2) is 86.0 Å². The van der Waals surface area contributed by atoms with Crippen molar-refractivity contribution in [2.75, 3.05) is 0 Å². The molecule has 0 bridgehead atoms. The molecule has 66 heavy (non-hydrogen) atoms. The van der Waals surface area contributed by atoms with Crippen LogP contribution < -0.4 is 18.3 Å². The molecule has 0 spiro atoms. The van der Waals surface area contributed by atoms with Crippen LogP contribution in [0, 0.1) is 49.4 Å². The van der Waals surface area contributed by atoms with E-state index in [1.807, 2.05) is 0 Å². The second-order valence-electron chi connectivity index (χ2n) is 19.8. The first-order valence-corrected chi connectivity index (χ1v) is 25.6. The minimum atomic E-state index is 0.345. The summed E-state index contributed by atoms with van der Waals surface area (Å²) in [5, 5.41) is 0. The summed E-state index contributed by atoms with van der Waals surface area (Å²) < 4.78 is 9.56. The molecule has 9 rings (SSSR count). The van der Waals surface area contributed by atoms with Gasteiger partial charge in [-0.15, -0.1) is 49.4 Å². The van der Waals surface area contributed by atoms with Crippen molar-refractivity contribution in [2.24, 2.45) is 0 Å². The van der Waals surface area contributed by atoms with Crippen LogP contribution in [-0.2, 0) is 51.9 Å². The van der Waals surface area contributed by atoms with Gasteiger partial charge in [-0.25, -0.2) is 18.3 Å². The van der Waals surface area contributed by atoms with Gasteiger partial charge >= 0.3 is 0 Å². The lowest BCUT2D eigenvalue weighted by molar-refractivity contribution is -0.697. The molecule has 4 heteroatoms. The van der Waals surface area contributed by atoms with E-state index < -0.39 is 0 Å². The van der Waals surface area contributed by atoms with E-state index in [1.54, 1.807) is 22.3 Å². The minimum absolute atomic E-state index is 0.345. The monoisotopic (exact) mass is 871 g/mol. The first-order chi connectivity index (χ1) is 32.6. The summed E-state index contributed by atoms with van der Waals surface area (Å²) in [6.45, 7) is 3.86. The van der Waals surface area contributed by atoms with Crippen LogP contribution >= 0.6 is 0 Å². The number of aryl methyl sites for hydroxylation is 8. The molecule has 0 N–H and O–H groups in total. The fourth-order valence-corrected chi connectivity index (χ4v) is 12.4. The molecule has 0 radical (unpaired) electrons. The van der Waals surface area contributed by atoms with Crippen molar-refractivity contribution in [3.63, 3.8) is 0 Å². The Hall–Kier alpha value is -5.94. The molecule has 4 unspecified atom stereocenters. The van der Waals surface area contributed by atoms with Gasteiger partial charge in [0.05, 0.1) is 0 Å². The van der Waals surface area contributed by atoms with Gasteiger partial charge in [0.2, 0.25) is 0 Å². The Morgan fingerprint density at radius 1 is 0.364 bits per heavy atom. The summed E-state index contributed by atoms with van der Waals surface area (Å²) >= 11 is 0. The molecule has 0 saturated heterocycles. The van der Waals surface area contributed by atoms with E-state index in [9.17, 15) is 0 Å². The Bertz CT molecular complexity index is 2340. The van der Waals surface area contributed by atoms with Gasteiger partial charge in [-0.1, -0.05) is 12.1 Å². The van der Waals surface area contributed by atoms with E-state index in [-0.39, 0.29) is 0 Å². The topological polar surface area (TPSA) is 15.5 Å². The van der Waals surface area contributed by atoms with Crippen molar-refractivity contribution in [3.05, 3.63) is 153 Å².